The van der Waals surface area contributed by atoms with Crippen LogP contribution in [0.15, 0.2) is 60.7 Å². The minimum Gasteiger partial charge on any atom is -0.301 e. The Balaban J connectivity index is 1.81. The topological polar surface area (TPSA) is 3.24 Å². The van der Waals surface area contributed by atoms with Crippen LogP contribution < -0.4 is 0 Å². The molecule has 3 aromatic rings. The quantitative estimate of drug-likeness (QED) is 0.423. The van der Waals surface area contributed by atoms with Crippen LogP contribution in [-0.2, 0) is 24.6 Å². The largest absolute Gasteiger partial charge is 0.416 e. The normalized spacial score (nSPS) is 19.3. The first kappa shape index (κ1) is 21.5. The van der Waals surface area contributed by atoms with E-state index in [0.717, 1.165) is 28.8 Å². The van der Waals surface area contributed by atoms with Crippen LogP contribution in [0, 0.1) is 11.6 Å². The fourth-order valence-electron chi connectivity index (χ4n) is 4.78. The molecule has 1 nitrogen and oxygen atoms in total. The highest BCUT2D eigenvalue weighted by Crippen LogP contribution is 2.41. The number of likely N-dealkylation sites (N-methyl/N-ethyl adjacent to an activating group) is 1. The van der Waals surface area contributed by atoms with Gasteiger partial charge in [0.1, 0.15) is 11.6 Å². The lowest BCUT2D eigenvalue weighted by molar-refractivity contribution is -0.137. The predicted octanol–water partition coefficient (Wildman–Crippen LogP) is 6.60. The summed E-state index contributed by atoms with van der Waals surface area (Å²) in [5, 5.41) is 0. The van der Waals surface area contributed by atoms with E-state index in [4.69, 9.17) is 0 Å². The molecular weight excluding hydrogens is 409 g/mol. The lowest BCUT2D eigenvalue weighted by atomic mass is 9.71. The molecule has 0 fully saturated rings. The van der Waals surface area contributed by atoms with Crippen molar-refractivity contribution in [2.45, 2.75) is 31.5 Å². The summed E-state index contributed by atoms with van der Waals surface area (Å²) in [7, 11) is 1.94. The van der Waals surface area contributed by atoms with E-state index in [9.17, 15) is 22.0 Å². The van der Waals surface area contributed by atoms with Crippen molar-refractivity contribution in [3.05, 3.63) is 94.6 Å². The molecule has 1 unspecified atom stereocenters. The van der Waals surface area contributed by atoms with Crippen molar-refractivity contribution in [1.29, 1.82) is 0 Å². The van der Waals surface area contributed by atoms with Gasteiger partial charge in [0, 0.05) is 24.6 Å². The van der Waals surface area contributed by atoms with Crippen molar-refractivity contribution in [3.63, 3.8) is 0 Å². The number of benzene rings is 3. The zero-order valence-electron chi connectivity index (χ0n) is 17.2. The molecule has 1 heterocycles. The van der Waals surface area contributed by atoms with Crippen molar-refractivity contribution in [2.75, 3.05) is 13.6 Å². The van der Waals surface area contributed by atoms with E-state index >= 15 is 0 Å². The first-order valence-corrected chi connectivity index (χ1v) is 9.99. The second-order valence-electron chi connectivity index (χ2n) is 8.60. The van der Waals surface area contributed by atoms with Crippen LogP contribution in [0.25, 0.3) is 11.1 Å². The molecule has 0 radical (unpaired) electrons. The van der Waals surface area contributed by atoms with E-state index in [0.29, 0.717) is 30.6 Å². The van der Waals surface area contributed by atoms with Crippen LogP contribution in [0.1, 0.15) is 29.2 Å². The molecule has 0 aliphatic carbocycles. The maximum absolute atomic E-state index is 13.8. The smallest absolute Gasteiger partial charge is 0.301 e. The van der Waals surface area contributed by atoms with Crippen LogP contribution in [0.2, 0.25) is 0 Å². The predicted molar refractivity (Wildman–Crippen MR) is 111 cm³/mol. The van der Waals surface area contributed by atoms with Gasteiger partial charge < -0.3 is 4.90 Å². The van der Waals surface area contributed by atoms with Gasteiger partial charge in [0.05, 0.1) is 5.56 Å². The molecular formula is C25H22F5N. The molecule has 0 N–H and O–H groups in total. The molecule has 4 rings (SSSR count). The van der Waals surface area contributed by atoms with Gasteiger partial charge in [0.25, 0.3) is 0 Å². The lowest BCUT2D eigenvalue weighted by Gasteiger charge is -2.42. The van der Waals surface area contributed by atoms with Crippen LogP contribution in [0.3, 0.4) is 0 Å². The van der Waals surface area contributed by atoms with Gasteiger partial charge in [-0.05, 0) is 65.6 Å². The summed E-state index contributed by atoms with van der Waals surface area (Å²) in [5.41, 5.74) is 2.57. The number of fused-ring (bicyclic) bond motifs is 1. The number of nitrogens with zero attached hydrogens (tertiary/aromatic N) is 1. The van der Waals surface area contributed by atoms with Gasteiger partial charge >= 0.3 is 6.18 Å². The molecule has 0 spiro atoms. The molecule has 0 aromatic heterocycles. The SMILES string of the molecule is CN1Cc2c(-c3cccc(C(F)(F)F)c3)cccc2C(C)(Cc2cc(F)cc(F)c2)C1. The van der Waals surface area contributed by atoms with Gasteiger partial charge in [-0.2, -0.15) is 13.2 Å². The van der Waals surface area contributed by atoms with E-state index in [-0.39, 0.29) is 0 Å². The van der Waals surface area contributed by atoms with Crippen molar-refractivity contribution >= 4 is 0 Å². The van der Waals surface area contributed by atoms with E-state index in [1.54, 1.807) is 6.07 Å². The zero-order chi connectivity index (χ0) is 22.4. The highest BCUT2D eigenvalue weighted by Gasteiger charge is 2.36. The molecule has 162 valence electrons. The number of alkyl halides is 3. The second kappa shape index (κ2) is 7.75. The van der Waals surface area contributed by atoms with Gasteiger partial charge in [0.15, 0.2) is 0 Å². The van der Waals surface area contributed by atoms with Crippen molar-refractivity contribution in [2.24, 2.45) is 0 Å². The minimum atomic E-state index is -4.42. The molecule has 1 aliphatic rings. The van der Waals surface area contributed by atoms with Gasteiger partial charge in [-0.15, -0.1) is 0 Å². The fourth-order valence-corrected chi connectivity index (χ4v) is 4.78. The summed E-state index contributed by atoms with van der Waals surface area (Å²) < 4.78 is 67.3. The Bertz CT molecular complexity index is 1100. The van der Waals surface area contributed by atoms with Crippen LogP contribution in [-0.4, -0.2) is 18.5 Å². The summed E-state index contributed by atoms with van der Waals surface area (Å²) in [5.74, 6) is -1.25. The summed E-state index contributed by atoms with van der Waals surface area (Å²) in [6, 6.07) is 14.5. The van der Waals surface area contributed by atoms with Crippen LogP contribution in [0.5, 0.6) is 0 Å². The minimum absolute atomic E-state index is 0.408. The third-order valence-electron chi connectivity index (χ3n) is 5.89. The maximum atomic E-state index is 13.8. The zero-order valence-corrected chi connectivity index (χ0v) is 17.2. The van der Waals surface area contributed by atoms with Gasteiger partial charge in [0.2, 0.25) is 0 Å². The molecule has 31 heavy (non-hydrogen) atoms. The van der Waals surface area contributed by atoms with E-state index in [1.165, 1.54) is 24.3 Å². The Labute approximate surface area is 178 Å². The van der Waals surface area contributed by atoms with E-state index in [2.05, 4.69) is 4.90 Å². The Morgan fingerprint density at radius 2 is 1.61 bits per heavy atom. The highest BCUT2D eigenvalue weighted by atomic mass is 19.4. The molecule has 1 atom stereocenters. The average Bonchev–Trinajstić information content (AvgIpc) is 2.66. The van der Waals surface area contributed by atoms with Crippen LogP contribution >= 0.6 is 0 Å². The Hall–Kier alpha value is -2.73. The molecule has 0 amide bonds. The summed E-state index contributed by atoms with van der Waals surface area (Å²) in [6.07, 6.45) is -4.01. The second-order valence-corrected chi connectivity index (χ2v) is 8.60. The molecule has 0 saturated heterocycles. The monoisotopic (exact) mass is 431 g/mol. The average molecular weight is 431 g/mol. The van der Waals surface area contributed by atoms with Gasteiger partial charge in [-0.1, -0.05) is 37.3 Å². The number of halogens is 5. The molecule has 1 aliphatic heterocycles. The Morgan fingerprint density at radius 1 is 0.935 bits per heavy atom. The van der Waals surface area contributed by atoms with Gasteiger partial charge in [-0.25, -0.2) is 8.78 Å². The molecule has 3 aromatic carbocycles. The van der Waals surface area contributed by atoms with E-state index < -0.39 is 28.8 Å². The van der Waals surface area contributed by atoms with Gasteiger partial charge in [-0.3, -0.25) is 0 Å². The highest BCUT2D eigenvalue weighted by molar-refractivity contribution is 5.70. The number of hydrogen-bond donors (Lipinski definition) is 0. The summed E-state index contributed by atoms with van der Waals surface area (Å²) in [4.78, 5) is 2.09. The number of hydrogen-bond acceptors (Lipinski definition) is 1. The molecule has 0 bridgehead atoms. The van der Waals surface area contributed by atoms with Crippen molar-refractivity contribution in [1.82, 2.24) is 4.90 Å². The maximum Gasteiger partial charge on any atom is 0.416 e. The fraction of sp³-hybridized carbons (Fsp3) is 0.280. The van der Waals surface area contributed by atoms with Crippen molar-refractivity contribution in [3.8, 4) is 11.1 Å². The summed E-state index contributed by atoms with van der Waals surface area (Å²) >= 11 is 0. The van der Waals surface area contributed by atoms with Crippen LogP contribution in [0.4, 0.5) is 22.0 Å². The molecule has 0 saturated carbocycles. The first-order valence-electron chi connectivity index (χ1n) is 9.99. The van der Waals surface area contributed by atoms with Crippen molar-refractivity contribution < 1.29 is 22.0 Å². The standard InChI is InChI=1S/C25H22F5N/c1-24(13-16-9-19(26)12-20(27)10-16)15-31(2)14-22-21(7-4-8-23(22)24)17-5-3-6-18(11-17)25(28,29)30/h3-12H,13-15H2,1-2H3. The lowest BCUT2D eigenvalue weighted by Crippen LogP contribution is -2.43. The Kier molecular flexibility index (Phi) is 5.38. The number of rotatable bonds is 3. The summed E-state index contributed by atoms with van der Waals surface area (Å²) in [6.45, 7) is 3.26. The molecule has 6 heteroatoms. The third kappa shape index (κ3) is 4.35. The third-order valence-corrected chi connectivity index (χ3v) is 5.89. The first-order chi connectivity index (χ1) is 14.5. The Morgan fingerprint density at radius 3 is 2.29 bits per heavy atom. The van der Waals surface area contributed by atoms with E-state index in [1.807, 2.05) is 32.2 Å².